The van der Waals surface area contributed by atoms with Crippen LogP contribution in [0.2, 0.25) is 0 Å². The van der Waals surface area contributed by atoms with Gasteiger partial charge >= 0.3 is 0 Å². The fraction of sp³-hybridized carbons (Fsp3) is 0.588. The predicted molar refractivity (Wildman–Crippen MR) is 91.7 cm³/mol. The fourth-order valence-electron chi connectivity index (χ4n) is 3.14. The van der Waals surface area contributed by atoms with Crippen molar-refractivity contribution in [2.75, 3.05) is 13.1 Å². The number of aromatic nitrogens is 3. The Morgan fingerprint density at radius 1 is 1.48 bits per heavy atom. The molecule has 2 aromatic rings. The van der Waals surface area contributed by atoms with Crippen molar-refractivity contribution in [1.29, 1.82) is 0 Å². The topological polar surface area (TPSA) is 51.0 Å². The molecule has 1 aliphatic rings. The zero-order valence-electron chi connectivity index (χ0n) is 14.1. The molecule has 3 heterocycles. The molecule has 23 heavy (non-hydrogen) atoms. The SMILES string of the molecule is CCc1cc(CC(=O)N2CCCC(c3nc(C)cs3)C2)n(C)n1. The molecule has 0 spiro atoms. The van der Waals surface area contributed by atoms with Gasteiger partial charge in [0.15, 0.2) is 0 Å². The van der Waals surface area contributed by atoms with Gasteiger partial charge < -0.3 is 4.90 Å². The van der Waals surface area contributed by atoms with Gasteiger partial charge in [-0.15, -0.1) is 11.3 Å². The predicted octanol–water partition coefficient (Wildman–Crippen LogP) is 2.70. The quantitative estimate of drug-likeness (QED) is 0.865. The number of likely N-dealkylation sites (tertiary alicyclic amines) is 1. The standard InChI is InChI=1S/C17H24N4OS/c1-4-14-8-15(20(3)19-14)9-16(22)21-7-5-6-13(10-21)17-18-12(2)11-23-17/h8,11,13H,4-7,9-10H2,1-3H3. The molecule has 2 aromatic heterocycles. The van der Waals surface area contributed by atoms with E-state index in [1.54, 1.807) is 11.3 Å². The number of hydrogen-bond acceptors (Lipinski definition) is 4. The van der Waals surface area contributed by atoms with Crippen LogP contribution in [0.25, 0.3) is 0 Å². The molecule has 0 aliphatic carbocycles. The monoisotopic (exact) mass is 332 g/mol. The zero-order valence-corrected chi connectivity index (χ0v) is 14.9. The maximum Gasteiger partial charge on any atom is 0.228 e. The highest BCUT2D eigenvalue weighted by Gasteiger charge is 2.27. The van der Waals surface area contributed by atoms with Gasteiger partial charge in [-0.1, -0.05) is 6.92 Å². The van der Waals surface area contributed by atoms with E-state index in [1.165, 1.54) is 5.01 Å². The second-order valence-corrected chi connectivity index (χ2v) is 7.18. The Bertz CT molecular complexity index is 691. The van der Waals surface area contributed by atoms with Gasteiger partial charge in [-0.05, 0) is 32.3 Å². The normalized spacial score (nSPS) is 18.4. The molecule has 1 aliphatic heterocycles. The van der Waals surface area contributed by atoms with Gasteiger partial charge in [0.1, 0.15) is 0 Å². The maximum absolute atomic E-state index is 12.7. The molecular weight excluding hydrogens is 308 g/mol. The average Bonchev–Trinajstić information content (AvgIpc) is 3.14. The number of aryl methyl sites for hydroxylation is 3. The van der Waals surface area contributed by atoms with Crippen molar-refractivity contribution in [3.8, 4) is 0 Å². The second kappa shape index (κ2) is 6.83. The van der Waals surface area contributed by atoms with E-state index in [-0.39, 0.29) is 5.91 Å². The molecule has 3 rings (SSSR count). The first kappa shape index (κ1) is 16.2. The number of piperidine rings is 1. The highest BCUT2D eigenvalue weighted by molar-refractivity contribution is 7.09. The number of rotatable bonds is 4. The third-order valence-electron chi connectivity index (χ3n) is 4.48. The molecule has 0 aromatic carbocycles. The van der Waals surface area contributed by atoms with Crippen LogP contribution in [0.15, 0.2) is 11.4 Å². The van der Waals surface area contributed by atoms with E-state index in [9.17, 15) is 4.79 Å². The molecule has 1 atom stereocenters. The van der Waals surface area contributed by atoms with Crippen molar-refractivity contribution in [2.45, 2.75) is 45.4 Å². The molecule has 1 amide bonds. The van der Waals surface area contributed by atoms with E-state index in [0.717, 1.165) is 49.4 Å². The summed E-state index contributed by atoms with van der Waals surface area (Å²) >= 11 is 1.72. The smallest absolute Gasteiger partial charge is 0.228 e. The van der Waals surface area contributed by atoms with Crippen LogP contribution in [0.1, 0.15) is 47.8 Å². The minimum atomic E-state index is 0.202. The molecule has 5 nitrogen and oxygen atoms in total. The number of carbonyl (C=O) groups excluding carboxylic acids is 1. The van der Waals surface area contributed by atoms with E-state index < -0.39 is 0 Å². The third-order valence-corrected chi connectivity index (χ3v) is 5.61. The fourth-order valence-corrected chi connectivity index (χ4v) is 4.07. The Morgan fingerprint density at radius 3 is 2.96 bits per heavy atom. The Balaban J connectivity index is 1.66. The Hall–Kier alpha value is -1.69. The summed E-state index contributed by atoms with van der Waals surface area (Å²) in [5.74, 6) is 0.595. The molecule has 0 saturated carbocycles. The molecule has 124 valence electrons. The molecule has 1 unspecified atom stereocenters. The van der Waals surface area contributed by atoms with Crippen LogP contribution in [0, 0.1) is 6.92 Å². The molecule has 6 heteroatoms. The lowest BCUT2D eigenvalue weighted by molar-refractivity contribution is -0.131. The molecular formula is C17H24N4OS. The van der Waals surface area contributed by atoms with Crippen molar-refractivity contribution in [3.63, 3.8) is 0 Å². The summed E-state index contributed by atoms with van der Waals surface area (Å²) in [6.07, 6.45) is 3.52. The van der Waals surface area contributed by atoms with Crippen molar-refractivity contribution in [3.05, 3.63) is 33.5 Å². The van der Waals surface area contributed by atoms with E-state index in [0.29, 0.717) is 12.3 Å². The summed E-state index contributed by atoms with van der Waals surface area (Å²) in [6, 6.07) is 2.05. The maximum atomic E-state index is 12.7. The van der Waals surface area contributed by atoms with Crippen LogP contribution in [0.5, 0.6) is 0 Å². The summed E-state index contributed by atoms with van der Waals surface area (Å²) in [5, 5.41) is 7.70. The summed E-state index contributed by atoms with van der Waals surface area (Å²) < 4.78 is 1.84. The van der Waals surface area contributed by atoms with Gasteiger partial charge in [-0.2, -0.15) is 5.10 Å². The summed E-state index contributed by atoms with van der Waals surface area (Å²) in [4.78, 5) is 19.3. The van der Waals surface area contributed by atoms with Gasteiger partial charge in [0.25, 0.3) is 0 Å². The Labute approximate surface area is 141 Å². The lowest BCUT2D eigenvalue weighted by Crippen LogP contribution is -2.40. The van der Waals surface area contributed by atoms with Crippen molar-refractivity contribution in [1.82, 2.24) is 19.7 Å². The lowest BCUT2D eigenvalue weighted by Gasteiger charge is -2.32. The van der Waals surface area contributed by atoms with E-state index in [1.807, 2.05) is 29.6 Å². The molecule has 1 saturated heterocycles. The first-order chi connectivity index (χ1) is 11.1. The van der Waals surface area contributed by atoms with E-state index in [2.05, 4.69) is 22.4 Å². The van der Waals surface area contributed by atoms with Crippen molar-refractivity contribution < 1.29 is 4.79 Å². The van der Waals surface area contributed by atoms with Crippen LogP contribution in [-0.2, 0) is 24.7 Å². The average molecular weight is 332 g/mol. The van der Waals surface area contributed by atoms with Gasteiger partial charge in [-0.3, -0.25) is 9.48 Å². The van der Waals surface area contributed by atoms with Crippen LogP contribution in [0.3, 0.4) is 0 Å². The first-order valence-corrected chi connectivity index (χ1v) is 9.16. The number of carbonyl (C=O) groups is 1. The molecule has 0 bridgehead atoms. The van der Waals surface area contributed by atoms with Crippen molar-refractivity contribution in [2.24, 2.45) is 7.05 Å². The Morgan fingerprint density at radius 2 is 2.30 bits per heavy atom. The third kappa shape index (κ3) is 3.63. The van der Waals surface area contributed by atoms with Crippen LogP contribution in [-0.4, -0.2) is 38.7 Å². The highest BCUT2D eigenvalue weighted by Crippen LogP contribution is 2.29. The second-order valence-electron chi connectivity index (χ2n) is 6.29. The summed E-state index contributed by atoms with van der Waals surface area (Å²) in [5.41, 5.74) is 3.12. The van der Waals surface area contributed by atoms with Crippen LogP contribution in [0.4, 0.5) is 0 Å². The van der Waals surface area contributed by atoms with Gasteiger partial charge in [0.2, 0.25) is 5.91 Å². The van der Waals surface area contributed by atoms with E-state index in [4.69, 9.17) is 0 Å². The van der Waals surface area contributed by atoms with Gasteiger partial charge in [0, 0.05) is 42.8 Å². The first-order valence-electron chi connectivity index (χ1n) is 8.28. The lowest BCUT2D eigenvalue weighted by atomic mass is 9.98. The minimum absolute atomic E-state index is 0.202. The van der Waals surface area contributed by atoms with E-state index >= 15 is 0 Å². The molecule has 0 N–H and O–H groups in total. The molecule has 0 radical (unpaired) electrons. The zero-order chi connectivity index (χ0) is 16.4. The number of amides is 1. The number of thiazole rings is 1. The summed E-state index contributed by atoms with van der Waals surface area (Å²) in [7, 11) is 1.92. The number of hydrogen-bond donors (Lipinski definition) is 0. The Kier molecular flexibility index (Phi) is 4.80. The van der Waals surface area contributed by atoms with Gasteiger partial charge in [-0.25, -0.2) is 4.98 Å². The minimum Gasteiger partial charge on any atom is -0.342 e. The molecule has 1 fully saturated rings. The van der Waals surface area contributed by atoms with Crippen LogP contribution >= 0.6 is 11.3 Å². The highest BCUT2D eigenvalue weighted by atomic mass is 32.1. The number of nitrogens with zero attached hydrogens (tertiary/aromatic N) is 4. The largest absolute Gasteiger partial charge is 0.342 e. The van der Waals surface area contributed by atoms with Gasteiger partial charge in [0.05, 0.1) is 17.1 Å². The van der Waals surface area contributed by atoms with Crippen molar-refractivity contribution >= 4 is 17.2 Å². The van der Waals surface area contributed by atoms with Crippen LogP contribution < -0.4 is 0 Å². The summed E-state index contributed by atoms with van der Waals surface area (Å²) in [6.45, 7) is 5.76.